The highest BCUT2D eigenvalue weighted by Gasteiger charge is 2.28. The van der Waals surface area contributed by atoms with E-state index in [-0.39, 0.29) is 22.8 Å². The van der Waals surface area contributed by atoms with Crippen LogP contribution < -0.4 is 23.8 Å². The molecule has 9 nitrogen and oxygen atoms in total. The number of hydrogen-bond donors (Lipinski definition) is 2. The molecule has 0 bridgehead atoms. The second-order valence-electron chi connectivity index (χ2n) is 7.93. The van der Waals surface area contributed by atoms with E-state index in [1.807, 2.05) is 0 Å². The van der Waals surface area contributed by atoms with Crippen LogP contribution in [0.3, 0.4) is 0 Å². The van der Waals surface area contributed by atoms with Gasteiger partial charge in [0, 0.05) is 39.9 Å². The predicted molar refractivity (Wildman–Crippen MR) is 143 cm³/mol. The predicted octanol–water partition coefficient (Wildman–Crippen LogP) is 4.63. The average Bonchev–Trinajstić information content (AvgIpc) is 2.93. The highest BCUT2D eigenvalue weighted by Crippen LogP contribution is 2.43. The van der Waals surface area contributed by atoms with E-state index in [2.05, 4.69) is 0 Å². The lowest BCUT2D eigenvalue weighted by Crippen LogP contribution is -2.30. The fraction of sp³-hybridized carbons (Fsp3) is 0.214. The van der Waals surface area contributed by atoms with Crippen molar-refractivity contribution >= 4 is 29.2 Å². The summed E-state index contributed by atoms with van der Waals surface area (Å²) in [4.78, 5) is 25.8. The number of benzene rings is 3. The van der Waals surface area contributed by atoms with E-state index in [1.54, 1.807) is 54.6 Å². The standard InChI is InChI=1S/C28H28ClNO8/c1-35-18-12-11-17(23(15-18)37-3)16-30(24(31)13-14-25(32)33)21-9-6-8-20(29)26(21)27(34)19-7-5-10-22(36-2)28(19)38-4/h5-15,27,34H,16H2,1-4H3,(H,32,33)/b14-13+. The molecular weight excluding hydrogens is 514 g/mol. The minimum atomic E-state index is -1.33. The second kappa shape index (κ2) is 12.8. The van der Waals surface area contributed by atoms with Crippen LogP contribution in [0.25, 0.3) is 0 Å². The molecule has 0 aromatic heterocycles. The number of carbonyl (C=O) groups excluding carboxylic acids is 1. The molecule has 0 fully saturated rings. The Balaban J connectivity index is 2.20. The molecule has 0 saturated carbocycles. The van der Waals surface area contributed by atoms with Gasteiger partial charge < -0.3 is 34.1 Å². The largest absolute Gasteiger partial charge is 0.497 e. The summed E-state index contributed by atoms with van der Waals surface area (Å²) in [7, 11) is 5.93. The van der Waals surface area contributed by atoms with E-state index in [4.69, 9.17) is 35.7 Å². The van der Waals surface area contributed by atoms with Crippen LogP contribution in [-0.4, -0.2) is 50.5 Å². The first-order valence-corrected chi connectivity index (χ1v) is 11.7. The first kappa shape index (κ1) is 28.4. The average molecular weight is 542 g/mol. The van der Waals surface area contributed by atoms with Crippen LogP contribution in [-0.2, 0) is 16.1 Å². The van der Waals surface area contributed by atoms with Crippen molar-refractivity contribution in [2.75, 3.05) is 33.3 Å². The molecule has 3 aromatic carbocycles. The smallest absolute Gasteiger partial charge is 0.328 e. The number of aliphatic hydroxyl groups excluding tert-OH is 1. The van der Waals surface area contributed by atoms with Crippen molar-refractivity contribution in [2.24, 2.45) is 0 Å². The van der Waals surface area contributed by atoms with Crippen molar-refractivity contribution in [2.45, 2.75) is 12.6 Å². The number of nitrogens with zero attached hydrogens (tertiary/aromatic N) is 1. The van der Waals surface area contributed by atoms with Crippen LogP contribution in [0.2, 0.25) is 5.02 Å². The topological polar surface area (TPSA) is 115 Å². The zero-order valence-electron chi connectivity index (χ0n) is 21.3. The number of rotatable bonds is 11. The number of aliphatic hydroxyl groups is 1. The number of hydrogen-bond acceptors (Lipinski definition) is 7. The molecule has 1 amide bonds. The summed E-state index contributed by atoms with van der Waals surface area (Å²) in [5, 5.41) is 20.8. The lowest BCUT2D eigenvalue weighted by molar-refractivity contribution is -0.131. The number of carboxylic acid groups (broad SMARTS) is 1. The van der Waals surface area contributed by atoms with Crippen molar-refractivity contribution in [3.8, 4) is 23.0 Å². The zero-order chi connectivity index (χ0) is 27.8. The normalized spacial score (nSPS) is 11.6. The summed E-state index contributed by atoms with van der Waals surface area (Å²) >= 11 is 6.60. The maximum atomic E-state index is 13.4. The Labute approximate surface area is 225 Å². The molecule has 1 atom stereocenters. The van der Waals surface area contributed by atoms with Gasteiger partial charge in [0.25, 0.3) is 5.91 Å². The number of ether oxygens (including phenoxy) is 4. The summed E-state index contributed by atoms with van der Waals surface area (Å²) in [5.41, 5.74) is 1.43. The van der Waals surface area contributed by atoms with Gasteiger partial charge >= 0.3 is 5.97 Å². The molecule has 200 valence electrons. The van der Waals surface area contributed by atoms with Gasteiger partial charge in [0.1, 0.15) is 17.6 Å². The molecule has 10 heteroatoms. The van der Waals surface area contributed by atoms with E-state index in [0.717, 1.165) is 12.2 Å². The fourth-order valence-electron chi connectivity index (χ4n) is 3.98. The lowest BCUT2D eigenvalue weighted by Gasteiger charge is -2.28. The van der Waals surface area contributed by atoms with Gasteiger partial charge in [-0.05, 0) is 30.3 Å². The molecule has 0 heterocycles. The molecule has 3 aromatic rings. The van der Waals surface area contributed by atoms with Crippen LogP contribution in [0.1, 0.15) is 22.8 Å². The molecular formula is C28H28ClNO8. The van der Waals surface area contributed by atoms with Crippen molar-refractivity contribution in [1.82, 2.24) is 0 Å². The van der Waals surface area contributed by atoms with Gasteiger partial charge in [0.15, 0.2) is 11.5 Å². The van der Waals surface area contributed by atoms with Gasteiger partial charge in [-0.1, -0.05) is 29.8 Å². The number of amides is 1. The summed E-state index contributed by atoms with van der Waals surface area (Å²) in [5.74, 6) is -0.237. The summed E-state index contributed by atoms with van der Waals surface area (Å²) in [6.45, 7) is -0.0364. The van der Waals surface area contributed by atoms with E-state index in [0.29, 0.717) is 34.1 Å². The van der Waals surface area contributed by atoms with Crippen LogP contribution in [0.15, 0.2) is 66.7 Å². The Kier molecular flexibility index (Phi) is 9.59. The molecule has 0 aliphatic carbocycles. The van der Waals surface area contributed by atoms with Crippen molar-refractivity contribution < 1.29 is 38.7 Å². The maximum Gasteiger partial charge on any atom is 0.328 e. The van der Waals surface area contributed by atoms with E-state index in [1.165, 1.54) is 33.3 Å². The molecule has 0 aliphatic heterocycles. The SMILES string of the molecule is COc1ccc(CN(C(=O)/C=C/C(=O)O)c2cccc(Cl)c2C(O)c2cccc(OC)c2OC)c(OC)c1. The molecule has 1 unspecified atom stereocenters. The quantitative estimate of drug-likeness (QED) is 0.338. The van der Waals surface area contributed by atoms with Gasteiger partial charge in [0.2, 0.25) is 0 Å². The van der Waals surface area contributed by atoms with Crippen LogP contribution in [0, 0.1) is 0 Å². The number of carboxylic acids is 1. The number of carbonyl (C=O) groups is 2. The molecule has 2 N–H and O–H groups in total. The van der Waals surface area contributed by atoms with Gasteiger partial charge in [0.05, 0.1) is 40.7 Å². The van der Waals surface area contributed by atoms with Gasteiger partial charge in [-0.25, -0.2) is 4.79 Å². The number of para-hydroxylation sites is 1. The molecule has 0 saturated heterocycles. The lowest BCUT2D eigenvalue weighted by atomic mass is 9.97. The highest BCUT2D eigenvalue weighted by atomic mass is 35.5. The minimum absolute atomic E-state index is 0.0364. The molecule has 0 aliphatic rings. The van der Waals surface area contributed by atoms with Crippen LogP contribution in [0.5, 0.6) is 23.0 Å². The van der Waals surface area contributed by atoms with Gasteiger partial charge in [-0.2, -0.15) is 0 Å². The summed E-state index contributed by atoms with van der Waals surface area (Å²) in [6.07, 6.45) is 0.341. The third-order valence-corrected chi connectivity index (χ3v) is 6.11. The van der Waals surface area contributed by atoms with Crippen molar-refractivity contribution in [3.05, 3.63) is 88.5 Å². The van der Waals surface area contributed by atoms with Crippen molar-refractivity contribution in [1.29, 1.82) is 0 Å². The first-order valence-electron chi connectivity index (χ1n) is 11.4. The molecule has 0 spiro atoms. The summed E-state index contributed by atoms with van der Waals surface area (Å²) in [6, 6.07) is 15.0. The Morgan fingerprint density at radius 1 is 0.921 bits per heavy atom. The van der Waals surface area contributed by atoms with E-state index in [9.17, 15) is 14.7 Å². The number of aliphatic carboxylic acids is 1. The number of anilines is 1. The van der Waals surface area contributed by atoms with Crippen molar-refractivity contribution in [3.63, 3.8) is 0 Å². The Morgan fingerprint density at radius 2 is 1.63 bits per heavy atom. The Bertz CT molecular complexity index is 1340. The monoisotopic (exact) mass is 541 g/mol. The number of halogens is 1. The van der Waals surface area contributed by atoms with Crippen LogP contribution in [0.4, 0.5) is 5.69 Å². The maximum absolute atomic E-state index is 13.4. The zero-order valence-corrected chi connectivity index (χ0v) is 22.1. The molecule has 0 radical (unpaired) electrons. The fourth-order valence-corrected chi connectivity index (χ4v) is 4.25. The first-order chi connectivity index (χ1) is 18.2. The number of methoxy groups -OCH3 is 4. The molecule has 38 heavy (non-hydrogen) atoms. The minimum Gasteiger partial charge on any atom is -0.497 e. The van der Waals surface area contributed by atoms with Gasteiger partial charge in [-0.3, -0.25) is 4.79 Å². The third-order valence-electron chi connectivity index (χ3n) is 5.78. The van der Waals surface area contributed by atoms with E-state index < -0.39 is 18.0 Å². The van der Waals surface area contributed by atoms with Gasteiger partial charge in [-0.15, -0.1) is 0 Å². The third kappa shape index (κ3) is 6.19. The Hall–Kier alpha value is -4.21. The molecule has 3 rings (SSSR count). The second-order valence-corrected chi connectivity index (χ2v) is 8.34. The Morgan fingerprint density at radius 3 is 2.26 bits per heavy atom. The van der Waals surface area contributed by atoms with Crippen LogP contribution >= 0.6 is 11.6 Å². The summed E-state index contributed by atoms with van der Waals surface area (Å²) < 4.78 is 21.6. The highest BCUT2D eigenvalue weighted by molar-refractivity contribution is 6.32. The van der Waals surface area contributed by atoms with E-state index >= 15 is 0 Å².